The number of ether oxygens (including phenoxy) is 1. The SMILES string of the molecule is CCOC(=O)c1ccc2ncccc2c1. The van der Waals surface area contributed by atoms with Crippen molar-refractivity contribution < 1.29 is 9.53 Å². The van der Waals surface area contributed by atoms with Gasteiger partial charge >= 0.3 is 5.97 Å². The molecule has 1 aromatic carbocycles. The van der Waals surface area contributed by atoms with Gasteiger partial charge in [-0.15, -0.1) is 0 Å². The first-order chi connectivity index (χ1) is 7.31. The Morgan fingerprint density at radius 3 is 3.07 bits per heavy atom. The summed E-state index contributed by atoms with van der Waals surface area (Å²) in [5, 5.41) is 0.947. The van der Waals surface area contributed by atoms with Gasteiger partial charge < -0.3 is 4.74 Å². The van der Waals surface area contributed by atoms with Crippen LogP contribution in [-0.2, 0) is 4.74 Å². The number of benzene rings is 1. The summed E-state index contributed by atoms with van der Waals surface area (Å²) in [6, 6.07) is 9.11. The highest BCUT2D eigenvalue weighted by atomic mass is 16.5. The Hall–Kier alpha value is -1.90. The third-order valence-corrected chi connectivity index (χ3v) is 2.11. The lowest BCUT2D eigenvalue weighted by Crippen LogP contribution is -2.04. The average molecular weight is 201 g/mol. The maximum Gasteiger partial charge on any atom is 0.338 e. The number of nitrogens with zero attached hydrogens (tertiary/aromatic N) is 1. The fraction of sp³-hybridized carbons (Fsp3) is 0.167. The summed E-state index contributed by atoms with van der Waals surface area (Å²) in [6.45, 7) is 2.18. The lowest BCUT2D eigenvalue weighted by Gasteiger charge is -2.02. The zero-order valence-electron chi connectivity index (χ0n) is 8.43. The highest BCUT2D eigenvalue weighted by Crippen LogP contribution is 2.13. The molecule has 1 heterocycles. The fourth-order valence-corrected chi connectivity index (χ4v) is 1.42. The first-order valence-electron chi connectivity index (χ1n) is 4.83. The molecule has 0 fully saturated rings. The number of fused-ring (bicyclic) bond motifs is 1. The maximum absolute atomic E-state index is 11.4. The fourth-order valence-electron chi connectivity index (χ4n) is 1.42. The molecule has 76 valence electrons. The second-order valence-electron chi connectivity index (χ2n) is 3.13. The van der Waals surface area contributed by atoms with Crippen LogP contribution in [0.1, 0.15) is 17.3 Å². The second-order valence-corrected chi connectivity index (χ2v) is 3.13. The molecule has 0 radical (unpaired) electrons. The monoisotopic (exact) mass is 201 g/mol. The molecule has 0 N–H and O–H groups in total. The van der Waals surface area contributed by atoms with E-state index < -0.39 is 0 Å². The van der Waals surface area contributed by atoms with Gasteiger partial charge in [-0.3, -0.25) is 4.98 Å². The quantitative estimate of drug-likeness (QED) is 0.700. The van der Waals surface area contributed by atoms with E-state index in [1.54, 1.807) is 25.3 Å². The molecule has 2 rings (SSSR count). The molecule has 0 aliphatic carbocycles. The van der Waals surface area contributed by atoms with E-state index in [1.165, 1.54) is 0 Å². The molecule has 3 heteroatoms. The number of esters is 1. The van der Waals surface area contributed by atoms with Gasteiger partial charge in [0.25, 0.3) is 0 Å². The minimum absolute atomic E-state index is 0.289. The van der Waals surface area contributed by atoms with Crippen molar-refractivity contribution in [1.29, 1.82) is 0 Å². The Morgan fingerprint density at radius 2 is 2.27 bits per heavy atom. The van der Waals surface area contributed by atoms with Crippen molar-refractivity contribution in [3.63, 3.8) is 0 Å². The van der Waals surface area contributed by atoms with Gasteiger partial charge in [0.1, 0.15) is 0 Å². The Labute approximate surface area is 87.7 Å². The molecular weight excluding hydrogens is 190 g/mol. The van der Waals surface area contributed by atoms with Crippen molar-refractivity contribution in [2.45, 2.75) is 6.92 Å². The lowest BCUT2D eigenvalue weighted by atomic mass is 10.1. The Morgan fingerprint density at radius 1 is 1.40 bits per heavy atom. The van der Waals surface area contributed by atoms with E-state index in [1.807, 2.05) is 18.2 Å². The van der Waals surface area contributed by atoms with Crippen LogP contribution in [0.4, 0.5) is 0 Å². The van der Waals surface area contributed by atoms with E-state index >= 15 is 0 Å². The summed E-state index contributed by atoms with van der Waals surface area (Å²) in [7, 11) is 0. The normalized spacial score (nSPS) is 10.2. The van der Waals surface area contributed by atoms with E-state index in [2.05, 4.69) is 4.98 Å². The summed E-state index contributed by atoms with van der Waals surface area (Å²) in [5.74, 6) is -0.289. The maximum atomic E-state index is 11.4. The number of hydrogen-bond acceptors (Lipinski definition) is 3. The molecule has 2 aromatic rings. The second kappa shape index (κ2) is 4.09. The van der Waals surface area contributed by atoms with Crippen LogP contribution in [0.15, 0.2) is 36.5 Å². The van der Waals surface area contributed by atoms with Crippen molar-refractivity contribution in [3.8, 4) is 0 Å². The van der Waals surface area contributed by atoms with Crippen LogP contribution < -0.4 is 0 Å². The van der Waals surface area contributed by atoms with Crippen molar-refractivity contribution >= 4 is 16.9 Å². The van der Waals surface area contributed by atoms with E-state index in [4.69, 9.17) is 4.74 Å². The van der Waals surface area contributed by atoms with E-state index in [-0.39, 0.29) is 5.97 Å². The van der Waals surface area contributed by atoms with Gasteiger partial charge in [0.15, 0.2) is 0 Å². The lowest BCUT2D eigenvalue weighted by molar-refractivity contribution is 0.0526. The molecule has 0 bridgehead atoms. The third-order valence-electron chi connectivity index (χ3n) is 2.11. The van der Waals surface area contributed by atoms with E-state index in [0.717, 1.165) is 10.9 Å². The summed E-state index contributed by atoms with van der Waals surface area (Å²) < 4.78 is 4.92. The molecule has 0 unspecified atom stereocenters. The largest absolute Gasteiger partial charge is 0.462 e. The van der Waals surface area contributed by atoms with Crippen LogP contribution in [0.3, 0.4) is 0 Å². The summed E-state index contributed by atoms with van der Waals surface area (Å²) in [4.78, 5) is 15.6. The predicted octanol–water partition coefficient (Wildman–Crippen LogP) is 2.41. The first kappa shape index (κ1) is 9.65. The van der Waals surface area contributed by atoms with Crippen LogP contribution in [0.5, 0.6) is 0 Å². The topological polar surface area (TPSA) is 39.2 Å². The van der Waals surface area contributed by atoms with Crippen molar-refractivity contribution in [1.82, 2.24) is 4.98 Å². The minimum atomic E-state index is -0.289. The standard InChI is InChI=1S/C12H11NO2/c1-2-15-12(14)10-5-6-11-9(8-10)4-3-7-13-11/h3-8H,2H2,1H3. The van der Waals surface area contributed by atoms with Crippen LogP contribution in [0.25, 0.3) is 10.9 Å². The summed E-state index contributed by atoms with van der Waals surface area (Å²) in [5.41, 5.74) is 1.45. The van der Waals surface area contributed by atoms with Crippen LogP contribution >= 0.6 is 0 Å². The van der Waals surface area contributed by atoms with Crippen molar-refractivity contribution in [3.05, 3.63) is 42.1 Å². The van der Waals surface area contributed by atoms with Crippen LogP contribution in [0, 0.1) is 0 Å². The number of carbonyl (C=O) groups excluding carboxylic acids is 1. The summed E-state index contributed by atoms with van der Waals surface area (Å²) >= 11 is 0. The highest BCUT2D eigenvalue weighted by molar-refractivity contribution is 5.94. The van der Waals surface area contributed by atoms with Gasteiger partial charge in [0.2, 0.25) is 0 Å². The predicted molar refractivity (Wildman–Crippen MR) is 57.7 cm³/mol. The van der Waals surface area contributed by atoms with Gasteiger partial charge in [0, 0.05) is 11.6 Å². The first-order valence-corrected chi connectivity index (χ1v) is 4.83. The number of pyridine rings is 1. The molecule has 3 nitrogen and oxygen atoms in total. The van der Waals surface area contributed by atoms with Crippen LogP contribution in [0.2, 0.25) is 0 Å². The smallest absolute Gasteiger partial charge is 0.338 e. The molecule has 0 atom stereocenters. The molecule has 15 heavy (non-hydrogen) atoms. The number of rotatable bonds is 2. The third kappa shape index (κ3) is 1.96. The molecule has 0 spiro atoms. The molecule has 0 saturated carbocycles. The van der Waals surface area contributed by atoms with Crippen LogP contribution in [-0.4, -0.2) is 17.6 Å². The van der Waals surface area contributed by atoms with Crippen molar-refractivity contribution in [2.24, 2.45) is 0 Å². The molecule has 0 amide bonds. The number of aromatic nitrogens is 1. The van der Waals surface area contributed by atoms with Gasteiger partial charge in [-0.1, -0.05) is 6.07 Å². The zero-order chi connectivity index (χ0) is 10.7. The highest BCUT2D eigenvalue weighted by Gasteiger charge is 2.06. The molecule has 1 aromatic heterocycles. The molecular formula is C12H11NO2. The molecule has 0 aliphatic rings. The zero-order valence-corrected chi connectivity index (χ0v) is 8.43. The minimum Gasteiger partial charge on any atom is -0.462 e. The number of hydrogen-bond donors (Lipinski definition) is 0. The Bertz CT molecular complexity index is 494. The Balaban J connectivity index is 2.42. The molecule has 0 aliphatic heterocycles. The van der Waals surface area contributed by atoms with Crippen molar-refractivity contribution in [2.75, 3.05) is 6.61 Å². The molecule has 0 saturated heterocycles. The number of carbonyl (C=O) groups is 1. The van der Waals surface area contributed by atoms with Gasteiger partial charge in [-0.25, -0.2) is 4.79 Å². The average Bonchev–Trinajstić information content (AvgIpc) is 2.29. The van der Waals surface area contributed by atoms with E-state index in [9.17, 15) is 4.79 Å². The Kier molecular flexibility index (Phi) is 2.63. The van der Waals surface area contributed by atoms with Gasteiger partial charge in [-0.2, -0.15) is 0 Å². The van der Waals surface area contributed by atoms with Gasteiger partial charge in [0.05, 0.1) is 17.7 Å². The summed E-state index contributed by atoms with van der Waals surface area (Å²) in [6.07, 6.45) is 1.73. The van der Waals surface area contributed by atoms with E-state index in [0.29, 0.717) is 12.2 Å². The van der Waals surface area contributed by atoms with Gasteiger partial charge in [-0.05, 0) is 31.2 Å².